The molecule has 2 aromatic rings. The number of aromatic nitrogens is 2. The van der Waals surface area contributed by atoms with Gasteiger partial charge in [-0.2, -0.15) is 0 Å². The lowest BCUT2D eigenvalue weighted by Crippen LogP contribution is -2.48. The van der Waals surface area contributed by atoms with Crippen molar-refractivity contribution in [2.24, 2.45) is 5.41 Å². The summed E-state index contributed by atoms with van der Waals surface area (Å²) in [5.74, 6) is -0.334. The highest BCUT2D eigenvalue weighted by molar-refractivity contribution is 5.89. The van der Waals surface area contributed by atoms with Crippen LogP contribution in [-0.4, -0.2) is 27.4 Å². The van der Waals surface area contributed by atoms with Crippen LogP contribution in [0.5, 0.6) is 0 Å². The minimum absolute atomic E-state index is 0.140. The lowest BCUT2D eigenvalue weighted by atomic mass is 9.95. The van der Waals surface area contributed by atoms with Crippen molar-refractivity contribution in [3.63, 3.8) is 0 Å². The Morgan fingerprint density at radius 3 is 2.36 bits per heavy atom. The van der Waals surface area contributed by atoms with Crippen molar-refractivity contribution >= 4 is 11.8 Å². The van der Waals surface area contributed by atoms with Crippen molar-refractivity contribution in [2.75, 3.05) is 0 Å². The maximum absolute atomic E-state index is 12.1. The Balaban J connectivity index is 1.82. The molecule has 0 radical (unpaired) electrons. The first kappa shape index (κ1) is 18.7. The number of nitrogens with one attached hydrogen (secondary N) is 2. The van der Waals surface area contributed by atoms with Crippen molar-refractivity contribution in [1.29, 1.82) is 0 Å². The Bertz CT molecular complexity index is 700. The number of imidazole rings is 1. The van der Waals surface area contributed by atoms with Gasteiger partial charge in [-0.3, -0.25) is 9.59 Å². The SMILES string of the molecule is CC(NC(=O)C(C)(C)C)C(=O)NCc1ccc(Cn2ccnc2)cc1. The molecule has 0 saturated heterocycles. The van der Waals surface area contributed by atoms with Gasteiger partial charge >= 0.3 is 0 Å². The monoisotopic (exact) mass is 342 g/mol. The molecule has 6 nitrogen and oxygen atoms in total. The number of nitrogens with zero attached hydrogens (tertiary/aromatic N) is 2. The van der Waals surface area contributed by atoms with Crippen molar-refractivity contribution in [2.45, 2.75) is 46.8 Å². The molecule has 2 rings (SSSR count). The lowest BCUT2D eigenvalue weighted by molar-refractivity contribution is -0.133. The van der Waals surface area contributed by atoms with Gasteiger partial charge in [-0.15, -0.1) is 0 Å². The summed E-state index contributed by atoms with van der Waals surface area (Å²) < 4.78 is 2.00. The van der Waals surface area contributed by atoms with Crippen LogP contribution in [-0.2, 0) is 22.7 Å². The Labute approximate surface area is 148 Å². The summed E-state index contributed by atoms with van der Waals surface area (Å²) in [6, 6.07) is 7.49. The highest BCUT2D eigenvalue weighted by Gasteiger charge is 2.24. The Hall–Kier alpha value is -2.63. The molecule has 1 atom stereocenters. The maximum Gasteiger partial charge on any atom is 0.242 e. The zero-order chi connectivity index (χ0) is 18.4. The van der Waals surface area contributed by atoms with Gasteiger partial charge in [-0.1, -0.05) is 45.0 Å². The molecular formula is C19H26N4O2. The van der Waals surface area contributed by atoms with Gasteiger partial charge in [0.25, 0.3) is 0 Å². The smallest absolute Gasteiger partial charge is 0.242 e. The fourth-order valence-corrected chi connectivity index (χ4v) is 2.17. The molecule has 1 unspecified atom stereocenters. The molecule has 0 aliphatic rings. The average molecular weight is 342 g/mol. The van der Waals surface area contributed by atoms with E-state index in [0.29, 0.717) is 6.54 Å². The van der Waals surface area contributed by atoms with Crippen LogP contribution in [0.15, 0.2) is 43.0 Å². The predicted octanol–water partition coefficient (Wildman–Crippen LogP) is 2.10. The fraction of sp³-hybridized carbons (Fsp3) is 0.421. The Morgan fingerprint density at radius 1 is 1.16 bits per heavy atom. The first-order chi connectivity index (χ1) is 11.8. The zero-order valence-electron chi connectivity index (χ0n) is 15.2. The number of benzene rings is 1. The summed E-state index contributed by atoms with van der Waals surface area (Å²) in [5.41, 5.74) is 1.66. The molecular weight excluding hydrogens is 316 g/mol. The molecule has 1 heterocycles. The fourth-order valence-electron chi connectivity index (χ4n) is 2.17. The van der Waals surface area contributed by atoms with Crippen LogP contribution in [0, 0.1) is 5.41 Å². The molecule has 0 spiro atoms. The standard InChI is InChI=1S/C19H26N4O2/c1-14(22-18(25)19(2,3)4)17(24)21-11-15-5-7-16(8-6-15)12-23-10-9-20-13-23/h5-10,13-14H,11-12H2,1-4H3,(H,21,24)(H,22,25). The number of amides is 2. The van der Waals surface area contributed by atoms with E-state index in [1.165, 1.54) is 5.56 Å². The van der Waals surface area contributed by atoms with Gasteiger partial charge in [0, 0.05) is 30.9 Å². The van der Waals surface area contributed by atoms with E-state index >= 15 is 0 Å². The van der Waals surface area contributed by atoms with E-state index in [-0.39, 0.29) is 11.8 Å². The van der Waals surface area contributed by atoms with Crippen molar-refractivity contribution in [3.05, 3.63) is 54.1 Å². The molecule has 2 N–H and O–H groups in total. The van der Waals surface area contributed by atoms with Crippen LogP contribution < -0.4 is 10.6 Å². The van der Waals surface area contributed by atoms with Crippen LogP contribution in [0.2, 0.25) is 0 Å². The molecule has 25 heavy (non-hydrogen) atoms. The van der Waals surface area contributed by atoms with E-state index in [4.69, 9.17) is 0 Å². The summed E-state index contributed by atoms with van der Waals surface area (Å²) in [4.78, 5) is 28.1. The van der Waals surface area contributed by atoms with E-state index in [9.17, 15) is 9.59 Å². The van der Waals surface area contributed by atoms with Gasteiger partial charge in [-0.05, 0) is 18.1 Å². The van der Waals surface area contributed by atoms with Crippen molar-refractivity contribution in [1.82, 2.24) is 20.2 Å². The first-order valence-electron chi connectivity index (χ1n) is 8.38. The molecule has 1 aromatic heterocycles. The third-order valence-electron chi connectivity index (χ3n) is 3.84. The second-order valence-electron chi connectivity index (χ2n) is 7.21. The molecule has 0 bridgehead atoms. The third kappa shape index (κ3) is 5.74. The van der Waals surface area contributed by atoms with Crippen LogP contribution in [0.25, 0.3) is 0 Å². The maximum atomic E-state index is 12.1. The normalized spacial score (nSPS) is 12.5. The Kier molecular flexibility index (Phi) is 5.96. The molecule has 0 aliphatic heterocycles. The largest absolute Gasteiger partial charge is 0.350 e. The van der Waals surface area contributed by atoms with E-state index in [1.807, 2.05) is 55.8 Å². The van der Waals surface area contributed by atoms with Gasteiger partial charge in [0.1, 0.15) is 6.04 Å². The third-order valence-corrected chi connectivity index (χ3v) is 3.84. The van der Waals surface area contributed by atoms with Crippen LogP contribution >= 0.6 is 0 Å². The number of hydrogen-bond donors (Lipinski definition) is 2. The molecule has 0 aliphatic carbocycles. The van der Waals surface area contributed by atoms with E-state index in [1.54, 1.807) is 19.4 Å². The second-order valence-corrected chi connectivity index (χ2v) is 7.21. The van der Waals surface area contributed by atoms with Gasteiger partial charge in [0.05, 0.1) is 6.33 Å². The zero-order valence-corrected chi connectivity index (χ0v) is 15.2. The lowest BCUT2D eigenvalue weighted by Gasteiger charge is -2.21. The summed E-state index contributed by atoms with van der Waals surface area (Å²) >= 11 is 0. The quantitative estimate of drug-likeness (QED) is 0.844. The molecule has 0 fully saturated rings. The molecule has 0 saturated carbocycles. The topological polar surface area (TPSA) is 76.0 Å². The molecule has 134 valence electrons. The van der Waals surface area contributed by atoms with Crippen LogP contribution in [0.3, 0.4) is 0 Å². The minimum Gasteiger partial charge on any atom is -0.350 e. The number of hydrogen-bond acceptors (Lipinski definition) is 3. The van der Waals surface area contributed by atoms with E-state index in [0.717, 1.165) is 12.1 Å². The minimum atomic E-state index is -0.563. The number of carbonyl (C=O) groups excluding carboxylic acids is 2. The summed E-state index contributed by atoms with van der Waals surface area (Å²) in [7, 11) is 0. The summed E-state index contributed by atoms with van der Waals surface area (Å²) in [6.45, 7) is 8.34. The van der Waals surface area contributed by atoms with Crippen LogP contribution in [0.4, 0.5) is 0 Å². The van der Waals surface area contributed by atoms with Gasteiger partial charge in [0.2, 0.25) is 11.8 Å². The predicted molar refractivity (Wildman–Crippen MR) is 96.7 cm³/mol. The van der Waals surface area contributed by atoms with E-state index < -0.39 is 11.5 Å². The molecule has 2 amide bonds. The van der Waals surface area contributed by atoms with E-state index in [2.05, 4.69) is 15.6 Å². The van der Waals surface area contributed by atoms with Gasteiger partial charge in [-0.25, -0.2) is 4.98 Å². The van der Waals surface area contributed by atoms with Crippen LogP contribution in [0.1, 0.15) is 38.8 Å². The van der Waals surface area contributed by atoms with Gasteiger partial charge in [0.15, 0.2) is 0 Å². The highest BCUT2D eigenvalue weighted by atomic mass is 16.2. The highest BCUT2D eigenvalue weighted by Crippen LogP contribution is 2.13. The summed E-state index contributed by atoms with van der Waals surface area (Å²) in [6.07, 6.45) is 5.45. The Morgan fingerprint density at radius 2 is 1.80 bits per heavy atom. The number of carbonyl (C=O) groups is 2. The van der Waals surface area contributed by atoms with Crippen molar-refractivity contribution < 1.29 is 9.59 Å². The first-order valence-corrected chi connectivity index (χ1v) is 8.38. The second kappa shape index (κ2) is 7.96. The molecule has 1 aromatic carbocycles. The number of rotatable bonds is 6. The average Bonchev–Trinajstić information content (AvgIpc) is 3.06. The molecule has 6 heteroatoms. The summed E-state index contributed by atoms with van der Waals surface area (Å²) in [5, 5.41) is 5.58. The van der Waals surface area contributed by atoms with Gasteiger partial charge < -0.3 is 15.2 Å². The van der Waals surface area contributed by atoms with Crippen molar-refractivity contribution in [3.8, 4) is 0 Å².